The summed E-state index contributed by atoms with van der Waals surface area (Å²) in [6, 6.07) is 5.89. The molecule has 1 aliphatic heterocycles. The Bertz CT molecular complexity index is 675. The number of aryl methyl sites for hydroxylation is 1. The molecule has 1 unspecified atom stereocenters. The number of nitrogens with zero attached hydrogens (tertiary/aromatic N) is 2. The van der Waals surface area contributed by atoms with Crippen LogP contribution in [0.25, 0.3) is 10.9 Å². The maximum Gasteiger partial charge on any atom is 0.0927 e. The van der Waals surface area contributed by atoms with Gasteiger partial charge in [0, 0.05) is 29.9 Å². The number of aromatic nitrogens is 1. The maximum absolute atomic E-state index is 9.82. The van der Waals surface area contributed by atoms with Gasteiger partial charge in [0.05, 0.1) is 21.7 Å². The molecule has 0 saturated carbocycles. The Hall–Kier alpha value is -1.03. The molecule has 2 heterocycles. The topological polar surface area (TPSA) is 36.4 Å². The molecule has 0 aliphatic carbocycles. The van der Waals surface area contributed by atoms with Crippen molar-refractivity contribution in [1.29, 1.82) is 0 Å². The monoisotopic (exact) mass is 324 g/mol. The molecule has 5 heteroatoms. The molecular formula is C16H18Cl2N2O. The molecule has 1 saturated heterocycles. The number of halogens is 2. The Morgan fingerprint density at radius 3 is 2.86 bits per heavy atom. The van der Waals surface area contributed by atoms with E-state index in [1.807, 2.05) is 19.1 Å². The second-order valence-electron chi connectivity index (χ2n) is 5.61. The largest absolute Gasteiger partial charge is 0.393 e. The lowest BCUT2D eigenvalue weighted by atomic mass is 10.1. The van der Waals surface area contributed by atoms with Crippen LogP contribution in [0.4, 0.5) is 5.69 Å². The molecule has 112 valence electrons. The molecule has 3 nitrogen and oxygen atoms in total. The summed E-state index contributed by atoms with van der Waals surface area (Å²) < 4.78 is 0. The summed E-state index contributed by atoms with van der Waals surface area (Å²) in [6.07, 6.45) is 2.46. The molecule has 3 rings (SSSR count). The fraction of sp³-hybridized carbons (Fsp3) is 0.438. The highest BCUT2D eigenvalue weighted by Crippen LogP contribution is 2.35. The van der Waals surface area contributed by atoms with Gasteiger partial charge in [0.15, 0.2) is 0 Å². The van der Waals surface area contributed by atoms with Crippen LogP contribution in [0.2, 0.25) is 10.0 Å². The predicted molar refractivity (Wildman–Crippen MR) is 88.6 cm³/mol. The van der Waals surface area contributed by atoms with Crippen molar-refractivity contribution in [3.05, 3.63) is 33.9 Å². The van der Waals surface area contributed by atoms with E-state index in [2.05, 4.69) is 16.0 Å². The first-order valence-corrected chi connectivity index (χ1v) is 8.00. The van der Waals surface area contributed by atoms with E-state index in [1.54, 1.807) is 0 Å². The van der Waals surface area contributed by atoms with Crippen molar-refractivity contribution in [2.75, 3.05) is 18.0 Å². The molecule has 0 radical (unpaired) electrons. The normalized spacial score (nSPS) is 19.8. The summed E-state index contributed by atoms with van der Waals surface area (Å²) in [5.41, 5.74) is 2.81. The van der Waals surface area contributed by atoms with E-state index in [9.17, 15) is 5.11 Å². The Kier molecular flexibility index (Phi) is 4.25. The van der Waals surface area contributed by atoms with Gasteiger partial charge >= 0.3 is 0 Å². The summed E-state index contributed by atoms with van der Waals surface area (Å²) in [5.74, 6) is 0. The minimum atomic E-state index is -0.192. The number of benzene rings is 1. The lowest BCUT2D eigenvalue weighted by Gasteiger charge is -2.25. The average molecular weight is 325 g/mol. The molecule has 1 fully saturated rings. The quantitative estimate of drug-likeness (QED) is 0.854. The van der Waals surface area contributed by atoms with Gasteiger partial charge < -0.3 is 10.0 Å². The third-order valence-electron chi connectivity index (χ3n) is 4.02. The first-order valence-electron chi connectivity index (χ1n) is 7.24. The van der Waals surface area contributed by atoms with Gasteiger partial charge in [-0.25, -0.2) is 0 Å². The Morgan fingerprint density at radius 1 is 1.24 bits per heavy atom. The average Bonchev–Trinajstić information content (AvgIpc) is 2.67. The zero-order valence-electron chi connectivity index (χ0n) is 11.9. The van der Waals surface area contributed by atoms with E-state index in [0.717, 1.165) is 54.6 Å². The lowest BCUT2D eigenvalue weighted by Crippen LogP contribution is -2.25. The summed E-state index contributed by atoms with van der Waals surface area (Å²) in [4.78, 5) is 6.85. The van der Waals surface area contributed by atoms with Crippen LogP contribution >= 0.6 is 23.2 Å². The molecule has 0 bridgehead atoms. The second kappa shape index (κ2) is 5.99. The minimum Gasteiger partial charge on any atom is -0.393 e. The van der Waals surface area contributed by atoms with Gasteiger partial charge in [0.1, 0.15) is 0 Å². The smallest absolute Gasteiger partial charge is 0.0927 e. The van der Waals surface area contributed by atoms with E-state index in [4.69, 9.17) is 23.2 Å². The highest BCUT2D eigenvalue weighted by atomic mass is 35.5. The summed E-state index contributed by atoms with van der Waals surface area (Å²) in [7, 11) is 0. The number of rotatable bonds is 1. The number of aliphatic hydroxyl groups is 1. The van der Waals surface area contributed by atoms with Crippen molar-refractivity contribution in [1.82, 2.24) is 4.98 Å². The van der Waals surface area contributed by atoms with Crippen LogP contribution in [0.3, 0.4) is 0 Å². The SMILES string of the molecule is Cc1cc(N2CCCC(O)CC2)c2ccc(Cl)c(Cl)c2n1. The van der Waals surface area contributed by atoms with Crippen molar-refractivity contribution in [3.8, 4) is 0 Å². The third kappa shape index (κ3) is 2.96. The third-order valence-corrected chi connectivity index (χ3v) is 4.81. The van der Waals surface area contributed by atoms with Gasteiger partial charge in [-0.1, -0.05) is 23.2 Å². The van der Waals surface area contributed by atoms with Crippen molar-refractivity contribution >= 4 is 39.8 Å². The van der Waals surface area contributed by atoms with Gasteiger partial charge in [0.25, 0.3) is 0 Å². The number of anilines is 1. The molecule has 1 atom stereocenters. The van der Waals surface area contributed by atoms with Crippen LogP contribution in [0.5, 0.6) is 0 Å². The summed E-state index contributed by atoms with van der Waals surface area (Å²) in [5, 5.41) is 11.9. The van der Waals surface area contributed by atoms with Crippen molar-refractivity contribution in [3.63, 3.8) is 0 Å². The molecule has 2 aromatic rings. The van der Waals surface area contributed by atoms with Crippen LogP contribution in [0.1, 0.15) is 25.0 Å². The highest BCUT2D eigenvalue weighted by Gasteiger charge is 2.19. The summed E-state index contributed by atoms with van der Waals surface area (Å²) in [6.45, 7) is 3.75. The van der Waals surface area contributed by atoms with Crippen molar-refractivity contribution < 1.29 is 5.11 Å². The van der Waals surface area contributed by atoms with Gasteiger partial charge in [-0.2, -0.15) is 0 Å². The molecular weight excluding hydrogens is 307 g/mol. The van der Waals surface area contributed by atoms with E-state index in [0.29, 0.717) is 10.0 Å². The maximum atomic E-state index is 9.82. The molecule has 1 aliphatic rings. The fourth-order valence-electron chi connectivity index (χ4n) is 2.92. The molecule has 1 N–H and O–H groups in total. The van der Waals surface area contributed by atoms with Crippen molar-refractivity contribution in [2.45, 2.75) is 32.3 Å². The van der Waals surface area contributed by atoms with Crippen molar-refractivity contribution in [2.24, 2.45) is 0 Å². The number of fused-ring (bicyclic) bond motifs is 1. The Balaban J connectivity index is 2.11. The lowest BCUT2D eigenvalue weighted by molar-refractivity contribution is 0.161. The minimum absolute atomic E-state index is 0.192. The molecule has 21 heavy (non-hydrogen) atoms. The van der Waals surface area contributed by atoms with Crippen LogP contribution in [0.15, 0.2) is 18.2 Å². The number of pyridine rings is 1. The second-order valence-corrected chi connectivity index (χ2v) is 6.40. The Labute approximate surface area is 134 Å². The standard InChI is InChI=1S/C16H18Cl2N2O/c1-10-9-14(20-7-2-3-11(21)6-8-20)12-4-5-13(17)15(18)16(12)19-10/h4-5,9,11,21H,2-3,6-8H2,1H3. The van der Waals surface area contributed by atoms with Gasteiger partial charge in [-0.15, -0.1) is 0 Å². The van der Waals surface area contributed by atoms with Gasteiger partial charge in [-0.3, -0.25) is 4.98 Å². The van der Waals surface area contributed by atoms with E-state index in [-0.39, 0.29) is 6.10 Å². The van der Waals surface area contributed by atoms with Crippen LogP contribution < -0.4 is 4.90 Å². The van der Waals surface area contributed by atoms with E-state index >= 15 is 0 Å². The van der Waals surface area contributed by atoms with Crippen LogP contribution in [0, 0.1) is 6.92 Å². The van der Waals surface area contributed by atoms with Crippen LogP contribution in [-0.4, -0.2) is 29.3 Å². The molecule has 0 spiro atoms. The Morgan fingerprint density at radius 2 is 2.05 bits per heavy atom. The van der Waals surface area contributed by atoms with E-state index < -0.39 is 0 Å². The first-order chi connectivity index (χ1) is 10.1. The molecule has 1 aromatic heterocycles. The van der Waals surface area contributed by atoms with Crippen LogP contribution in [-0.2, 0) is 0 Å². The fourth-order valence-corrected chi connectivity index (χ4v) is 3.28. The summed E-state index contributed by atoms with van der Waals surface area (Å²) >= 11 is 12.4. The predicted octanol–water partition coefficient (Wildman–Crippen LogP) is 4.20. The van der Waals surface area contributed by atoms with Gasteiger partial charge in [-0.05, 0) is 44.4 Å². The molecule has 1 aromatic carbocycles. The number of hydrogen-bond donors (Lipinski definition) is 1. The first kappa shape index (κ1) is 14.9. The molecule has 0 amide bonds. The van der Waals surface area contributed by atoms with E-state index in [1.165, 1.54) is 0 Å². The van der Waals surface area contributed by atoms with Gasteiger partial charge in [0.2, 0.25) is 0 Å². The number of hydrogen-bond acceptors (Lipinski definition) is 3. The highest BCUT2D eigenvalue weighted by molar-refractivity contribution is 6.45. The zero-order chi connectivity index (χ0) is 15.0. The zero-order valence-corrected chi connectivity index (χ0v) is 13.5. The number of aliphatic hydroxyl groups excluding tert-OH is 1.